The maximum absolute atomic E-state index is 5.43. The summed E-state index contributed by atoms with van der Waals surface area (Å²) in [4.78, 5) is 18.0. The third-order valence-electron chi connectivity index (χ3n) is 4.12. The Kier molecular flexibility index (Phi) is 5.53. The molecule has 138 valence electrons. The Balaban J connectivity index is 1.56. The van der Waals surface area contributed by atoms with Crippen molar-refractivity contribution in [3.63, 3.8) is 0 Å². The summed E-state index contributed by atoms with van der Waals surface area (Å²) in [5.41, 5.74) is 3.98. The average molecular weight is 375 g/mol. The summed E-state index contributed by atoms with van der Waals surface area (Å²) in [6, 6.07) is 2.00. The Morgan fingerprint density at radius 3 is 2.12 bits per heavy atom. The summed E-state index contributed by atoms with van der Waals surface area (Å²) in [5.74, 6) is 1.74. The molecule has 0 bridgehead atoms. The molecule has 0 aromatic carbocycles. The van der Waals surface area contributed by atoms with E-state index in [4.69, 9.17) is 9.47 Å². The molecule has 0 amide bonds. The van der Waals surface area contributed by atoms with Crippen LogP contribution < -0.4 is 15.2 Å². The molecular formula is C16H21N7O2S. The first kappa shape index (κ1) is 17.1. The first-order valence-corrected chi connectivity index (χ1v) is 9.55. The SMILES string of the molecule is C(=N/Nc1nc(N2CCOCC2)nc(N2CCOCC2)n1)/c1ccsc1. The number of ether oxygens (including phenoxy) is 2. The Labute approximate surface area is 155 Å². The highest BCUT2D eigenvalue weighted by Crippen LogP contribution is 2.18. The molecule has 4 rings (SSSR count). The molecular weight excluding hydrogens is 354 g/mol. The van der Waals surface area contributed by atoms with E-state index in [9.17, 15) is 0 Å². The Morgan fingerprint density at radius 2 is 1.58 bits per heavy atom. The molecule has 2 fully saturated rings. The van der Waals surface area contributed by atoms with Gasteiger partial charge in [-0.05, 0) is 16.8 Å². The number of thiophene rings is 1. The zero-order valence-corrected chi connectivity index (χ0v) is 15.2. The highest BCUT2D eigenvalue weighted by molar-refractivity contribution is 7.08. The lowest BCUT2D eigenvalue weighted by Gasteiger charge is -2.30. The molecule has 2 saturated heterocycles. The Hall–Kier alpha value is -2.30. The van der Waals surface area contributed by atoms with Crippen molar-refractivity contribution in [2.45, 2.75) is 0 Å². The molecule has 0 atom stereocenters. The van der Waals surface area contributed by atoms with Gasteiger partial charge >= 0.3 is 0 Å². The number of rotatable bonds is 5. The summed E-state index contributed by atoms with van der Waals surface area (Å²) in [6.45, 7) is 5.78. The second-order valence-electron chi connectivity index (χ2n) is 5.88. The van der Waals surface area contributed by atoms with Crippen molar-refractivity contribution < 1.29 is 9.47 Å². The van der Waals surface area contributed by atoms with Gasteiger partial charge in [0.15, 0.2) is 0 Å². The van der Waals surface area contributed by atoms with E-state index in [2.05, 4.69) is 35.3 Å². The maximum atomic E-state index is 5.43. The number of anilines is 3. The molecule has 2 aromatic heterocycles. The molecule has 26 heavy (non-hydrogen) atoms. The first-order chi connectivity index (χ1) is 12.9. The highest BCUT2D eigenvalue weighted by atomic mass is 32.1. The van der Waals surface area contributed by atoms with Crippen LogP contribution >= 0.6 is 11.3 Å². The van der Waals surface area contributed by atoms with E-state index >= 15 is 0 Å². The predicted octanol–water partition coefficient (Wildman–Crippen LogP) is 1.05. The minimum atomic E-state index is 0.439. The van der Waals surface area contributed by atoms with Gasteiger partial charge in [-0.3, -0.25) is 0 Å². The quantitative estimate of drug-likeness (QED) is 0.613. The van der Waals surface area contributed by atoms with Crippen LogP contribution in [-0.4, -0.2) is 73.8 Å². The van der Waals surface area contributed by atoms with Gasteiger partial charge in [0.25, 0.3) is 0 Å². The molecule has 0 radical (unpaired) electrons. The van der Waals surface area contributed by atoms with Crippen LogP contribution in [0, 0.1) is 0 Å². The van der Waals surface area contributed by atoms with Crippen LogP contribution in [0.25, 0.3) is 0 Å². The molecule has 2 aliphatic heterocycles. The van der Waals surface area contributed by atoms with Crippen LogP contribution in [0.1, 0.15) is 5.56 Å². The fourth-order valence-electron chi connectivity index (χ4n) is 2.73. The lowest BCUT2D eigenvalue weighted by molar-refractivity contribution is 0.121. The Bertz CT molecular complexity index is 692. The van der Waals surface area contributed by atoms with Crippen LogP contribution in [0.15, 0.2) is 21.9 Å². The van der Waals surface area contributed by atoms with Crippen molar-refractivity contribution in [2.24, 2.45) is 5.10 Å². The van der Waals surface area contributed by atoms with Crippen molar-refractivity contribution in [3.8, 4) is 0 Å². The van der Waals surface area contributed by atoms with Crippen molar-refractivity contribution >= 4 is 35.4 Å². The van der Waals surface area contributed by atoms with Gasteiger partial charge < -0.3 is 19.3 Å². The van der Waals surface area contributed by atoms with Crippen molar-refractivity contribution in [1.82, 2.24) is 15.0 Å². The van der Waals surface area contributed by atoms with Gasteiger partial charge in [0.1, 0.15) is 0 Å². The van der Waals surface area contributed by atoms with E-state index in [1.807, 2.05) is 16.8 Å². The predicted molar refractivity (Wildman–Crippen MR) is 101 cm³/mol. The van der Waals surface area contributed by atoms with Gasteiger partial charge in [0.05, 0.1) is 32.6 Å². The third-order valence-corrected chi connectivity index (χ3v) is 4.82. The van der Waals surface area contributed by atoms with E-state index < -0.39 is 0 Å². The van der Waals surface area contributed by atoms with E-state index in [0.29, 0.717) is 44.3 Å². The van der Waals surface area contributed by atoms with Gasteiger partial charge in [-0.1, -0.05) is 0 Å². The molecule has 9 nitrogen and oxygen atoms in total. The van der Waals surface area contributed by atoms with E-state index in [-0.39, 0.29) is 0 Å². The van der Waals surface area contributed by atoms with Crippen LogP contribution in [-0.2, 0) is 9.47 Å². The normalized spacial score (nSPS) is 18.5. The highest BCUT2D eigenvalue weighted by Gasteiger charge is 2.20. The minimum absolute atomic E-state index is 0.439. The molecule has 0 unspecified atom stereocenters. The van der Waals surface area contributed by atoms with E-state index in [1.165, 1.54) is 0 Å². The van der Waals surface area contributed by atoms with E-state index in [1.54, 1.807) is 17.6 Å². The van der Waals surface area contributed by atoms with E-state index in [0.717, 1.165) is 31.7 Å². The molecule has 2 aromatic rings. The van der Waals surface area contributed by atoms with Gasteiger partial charge in [0, 0.05) is 31.7 Å². The molecule has 0 saturated carbocycles. The fraction of sp³-hybridized carbons (Fsp3) is 0.500. The largest absolute Gasteiger partial charge is 0.378 e. The summed E-state index contributed by atoms with van der Waals surface area (Å²) < 4.78 is 10.9. The monoisotopic (exact) mass is 375 g/mol. The smallest absolute Gasteiger partial charge is 0.250 e. The topological polar surface area (TPSA) is 88.0 Å². The summed E-state index contributed by atoms with van der Waals surface area (Å²) in [7, 11) is 0. The number of nitrogens with one attached hydrogen (secondary N) is 1. The Morgan fingerprint density at radius 1 is 0.962 bits per heavy atom. The lowest BCUT2D eigenvalue weighted by Crippen LogP contribution is -2.40. The number of aromatic nitrogens is 3. The van der Waals surface area contributed by atoms with Gasteiger partial charge in [-0.25, -0.2) is 5.43 Å². The van der Waals surface area contributed by atoms with Crippen molar-refractivity contribution in [1.29, 1.82) is 0 Å². The second kappa shape index (κ2) is 8.39. The summed E-state index contributed by atoms with van der Waals surface area (Å²) in [5, 5.41) is 8.29. The second-order valence-corrected chi connectivity index (χ2v) is 6.66. The van der Waals surface area contributed by atoms with Gasteiger partial charge in [0.2, 0.25) is 17.8 Å². The molecule has 2 aliphatic rings. The van der Waals surface area contributed by atoms with Crippen molar-refractivity contribution in [2.75, 3.05) is 67.8 Å². The average Bonchev–Trinajstić information content (AvgIpc) is 3.23. The zero-order valence-electron chi connectivity index (χ0n) is 14.4. The van der Waals surface area contributed by atoms with Gasteiger partial charge in [-0.15, -0.1) is 0 Å². The molecule has 1 N–H and O–H groups in total. The number of hydrogen-bond acceptors (Lipinski definition) is 10. The standard InChI is InChI=1S/C16H21N7O2S/c1-10-26-12-13(1)11-17-21-14-18-15(22-2-6-24-7-3-22)20-16(19-14)23-4-8-25-9-5-23/h1,10-12H,2-9H2,(H,18,19,20,21)/b17-11-. The number of nitrogens with zero attached hydrogens (tertiary/aromatic N) is 6. The number of hydrazone groups is 1. The fourth-order valence-corrected chi connectivity index (χ4v) is 3.34. The third kappa shape index (κ3) is 4.26. The zero-order chi connectivity index (χ0) is 17.6. The van der Waals surface area contributed by atoms with Crippen LogP contribution in [0.4, 0.5) is 17.8 Å². The summed E-state index contributed by atoms with van der Waals surface area (Å²) in [6.07, 6.45) is 1.75. The molecule has 0 spiro atoms. The van der Waals surface area contributed by atoms with Gasteiger partial charge in [-0.2, -0.15) is 31.4 Å². The molecule has 0 aliphatic carbocycles. The number of hydrogen-bond donors (Lipinski definition) is 1. The van der Waals surface area contributed by atoms with Crippen molar-refractivity contribution in [3.05, 3.63) is 22.4 Å². The first-order valence-electron chi connectivity index (χ1n) is 8.61. The molecule has 4 heterocycles. The minimum Gasteiger partial charge on any atom is -0.378 e. The maximum Gasteiger partial charge on any atom is 0.250 e. The van der Waals surface area contributed by atoms with Crippen LogP contribution in [0.5, 0.6) is 0 Å². The lowest BCUT2D eigenvalue weighted by atomic mass is 10.4. The van der Waals surface area contributed by atoms with Crippen LogP contribution in [0.3, 0.4) is 0 Å². The van der Waals surface area contributed by atoms with Crippen LogP contribution in [0.2, 0.25) is 0 Å². The summed E-state index contributed by atoms with van der Waals surface area (Å²) >= 11 is 1.63. The molecule has 10 heteroatoms. The number of morpholine rings is 2.